The van der Waals surface area contributed by atoms with Crippen LogP contribution in [0.25, 0.3) is 0 Å². The third kappa shape index (κ3) is 37.3. The van der Waals surface area contributed by atoms with Crippen LogP contribution >= 0.6 is 0 Å². The molecule has 0 aliphatic heterocycles. The van der Waals surface area contributed by atoms with Gasteiger partial charge in [-0.15, -0.1) is 0 Å². The molecule has 0 heterocycles. The molecular formula is C31H60O14. The number of carbonyl (C=O) groups excluding carboxylic acids is 4. The summed E-state index contributed by atoms with van der Waals surface area (Å²) >= 11 is 0. The summed E-state index contributed by atoms with van der Waals surface area (Å²) in [5.74, 6) is -3.54. The van der Waals surface area contributed by atoms with Gasteiger partial charge in [0.05, 0.1) is 5.60 Å². The van der Waals surface area contributed by atoms with Gasteiger partial charge in [-0.1, -0.05) is 0 Å². The first-order chi connectivity index (χ1) is 19.6. The van der Waals surface area contributed by atoms with E-state index in [0.29, 0.717) is 0 Å². The van der Waals surface area contributed by atoms with E-state index < -0.39 is 71.2 Å². The fourth-order valence-corrected chi connectivity index (χ4v) is 2.06. The zero-order valence-electron chi connectivity index (χ0n) is 30.3. The SMILES string of the molecule is C[C@H](O)C(=O)O.C[C@H](O)C(=O)OC(C)(C)C.C[C@H](O)C(=O)O[C@@H](C)C(=O)OC(C)(C)C.C[C@H](OC(C)(C)C)C(=O)OC(C)(C)C. The highest BCUT2D eigenvalue weighted by Gasteiger charge is 2.27. The zero-order chi connectivity index (χ0) is 37.3. The van der Waals surface area contributed by atoms with Gasteiger partial charge in [0.25, 0.3) is 0 Å². The molecule has 0 unspecified atom stereocenters. The number of carboxylic acid groups (broad SMARTS) is 1. The quantitative estimate of drug-likeness (QED) is 0.229. The van der Waals surface area contributed by atoms with E-state index in [1.165, 1.54) is 27.7 Å². The standard InChI is InChI=1S/C11H22O3.C10H18O5.C7H14O3.C3H6O3/c1-8(13-10(2,3)4)9(12)14-11(5,6)7;1-6(11)8(12)14-7(2)9(13)15-10(3,4)5;1-5(8)6(9)10-7(2,3)4;1-2(4)3(5)6/h8H,1-7H3;6-7,11H,1-5H3;5,8H,1-4H3;2,4H,1H3,(H,5,6)/t8-;6-,7-;5-;2-/m0000/s1. The Hall–Kier alpha value is -2.81. The van der Waals surface area contributed by atoms with Crippen LogP contribution in [0.1, 0.15) is 118 Å². The van der Waals surface area contributed by atoms with Crippen LogP contribution in [0, 0.1) is 0 Å². The fourth-order valence-electron chi connectivity index (χ4n) is 2.06. The molecule has 0 saturated carbocycles. The lowest BCUT2D eigenvalue weighted by atomic mass is 10.1. The van der Waals surface area contributed by atoms with Crippen molar-refractivity contribution in [2.75, 3.05) is 0 Å². The van der Waals surface area contributed by atoms with Gasteiger partial charge in [-0.05, 0) is 118 Å². The maximum Gasteiger partial charge on any atom is 0.347 e. The van der Waals surface area contributed by atoms with Crippen molar-refractivity contribution in [2.45, 2.75) is 171 Å². The van der Waals surface area contributed by atoms with Crippen LogP contribution in [0.2, 0.25) is 0 Å². The van der Waals surface area contributed by atoms with Gasteiger partial charge in [-0.25, -0.2) is 24.0 Å². The maximum absolute atomic E-state index is 11.5. The highest BCUT2D eigenvalue weighted by atomic mass is 16.6. The zero-order valence-corrected chi connectivity index (χ0v) is 30.3. The molecule has 0 aromatic carbocycles. The number of aliphatic carboxylic acids is 1. The fraction of sp³-hybridized carbons (Fsp3) is 0.839. The molecule has 14 nitrogen and oxygen atoms in total. The number of aliphatic hydroxyl groups excluding tert-OH is 3. The molecule has 0 fully saturated rings. The summed E-state index contributed by atoms with van der Waals surface area (Å²) in [4.78, 5) is 53.9. The first-order valence-corrected chi connectivity index (χ1v) is 14.5. The van der Waals surface area contributed by atoms with E-state index in [4.69, 9.17) is 39.4 Å². The molecule has 0 bridgehead atoms. The number of carbonyl (C=O) groups is 5. The Balaban J connectivity index is -0.000000261. The van der Waals surface area contributed by atoms with Gasteiger partial charge in [-0.2, -0.15) is 0 Å². The maximum atomic E-state index is 11.5. The lowest BCUT2D eigenvalue weighted by Crippen LogP contribution is -2.36. The summed E-state index contributed by atoms with van der Waals surface area (Å²) in [5, 5.41) is 33.3. The number of hydrogen-bond acceptors (Lipinski definition) is 13. The van der Waals surface area contributed by atoms with Crippen LogP contribution in [0.5, 0.6) is 0 Å². The molecule has 0 aliphatic rings. The van der Waals surface area contributed by atoms with Crippen molar-refractivity contribution in [1.82, 2.24) is 0 Å². The smallest absolute Gasteiger partial charge is 0.347 e. The van der Waals surface area contributed by atoms with E-state index in [2.05, 4.69) is 4.74 Å². The summed E-state index contributed by atoms with van der Waals surface area (Å²) in [6.45, 7) is 28.6. The topological polar surface area (TPSA) is 212 Å². The second kappa shape index (κ2) is 21.1. The molecule has 14 heteroatoms. The summed E-state index contributed by atoms with van der Waals surface area (Å²) in [7, 11) is 0. The first-order valence-electron chi connectivity index (χ1n) is 14.5. The average Bonchev–Trinajstić information content (AvgIpc) is 2.75. The van der Waals surface area contributed by atoms with E-state index in [0.717, 1.165) is 0 Å². The molecule has 268 valence electrons. The lowest BCUT2D eigenvalue weighted by Gasteiger charge is -2.27. The van der Waals surface area contributed by atoms with Crippen molar-refractivity contribution in [3.05, 3.63) is 0 Å². The second-order valence-electron chi connectivity index (χ2n) is 13.9. The minimum atomic E-state index is -1.24. The largest absolute Gasteiger partial charge is 0.479 e. The molecule has 0 rings (SSSR count). The summed E-state index contributed by atoms with van der Waals surface area (Å²) in [5.41, 5.74) is -1.90. The Kier molecular flexibility index (Phi) is 23.0. The van der Waals surface area contributed by atoms with Crippen molar-refractivity contribution in [3.63, 3.8) is 0 Å². The Morgan fingerprint density at radius 3 is 0.911 bits per heavy atom. The van der Waals surface area contributed by atoms with E-state index in [1.807, 2.05) is 41.5 Å². The monoisotopic (exact) mass is 656 g/mol. The molecule has 0 radical (unpaired) electrons. The van der Waals surface area contributed by atoms with E-state index in [-0.39, 0.29) is 11.6 Å². The molecule has 0 amide bonds. The van der Waals surface area contributed by atoms with Gasteiger partial charge in [0, 0.05) is 0 Å². The summed E-state index contributed by atoms with van der Waals surface area (Å²) in [6.07, 6.45) is -5.03. The number of esters is 4. The molecule has 4 N–H and O–H groups in total. The van der Waals surface area contributed by atoms with Crippen LogP contribution in [0.3, 0.4) is 0 Å². The Labute approximate surface area is 268 Å². The third-order valence-corrected chi connectivity index (χ3v) is 3.75. The van der Waals surface area contributed by atoms with Crippen molar-refractivity contribution in [3.8, 4) is 0 Å². The minimum Gasteiger partial charge on any atom is -0.479 e. The van der Waals surface area contributed by atoms with Crippen LogP contribution in [0.15, 0.2) is 0 Å². The van der Waals surface area contributed by atoms with Gasteiger partial charge in [0.1, 0.15) is 35.1 Å². The number of aliphatic hydroxyl groups is 3. The van der Waals surface area contributed by atoms with Gasteiger partial charge in [0.2, 0.25) is 0 Å². The van der Waals surface area contributed by atoms with Crippen LogP contribution in [-0.4, -0.2) is 103 Å². The van der Waals surface area contributed by atoms with Crippen molar-refractivity contribution in [2.24, 2.45) is 0 Å². The molecule has 0 aliphatic carbocycles. The van der Waals surface area contributed by atoms with Gasteiger partial charge in [0.15, 0.2) is 12.2 Å². The number of carboxylic acids is 1. The normalized spacial score (nSPS) is 14.8. The Morgan fingerprint density at radius 1 is 0.444 bits per heavy atom. The van der Waals surface area contributed by atoms with E-state index >= 15 is 0 Å². The van der Waals surface area contributed by atoms with Crippen LogP contribution in [0.4, 0.5) is 0 Å². The van der Waals surface area contributed by atoms with Crippen molar-refractivity contribution >= 4 is 29.8 Å². The molecule has 5 atom stereocenters. The molecule has 0 aromatic heterocycles. The van der Waals surface area contributed by atoms with Crippen molar-refractivity contribution < 1.29 is 68.1 Å². The highest BCUT2D eigenvalue weighted by Crippen LogP contribution is 2.15. The lowest BCUT2D eigenvalue weighted by molar-refractivity contribution is -0.177. The first kappa shape index (κ1) is 49.1. The minimum absolute atomic E-state index is 0.313. The number of hydrogen-bond donors (Lipinski definition) is 4. The van der Waals surface area contributed by atoms with Gasteiger partial charge < -0.3 is 44.1 Å². The number of rotatable bonds is 7. The van der Waals surface area contributed by atoms with E-state index in [9.17, 15) is 24.0 Å². The predicted molar refractivity (Wildman–Crippen MR) is 166 cm³/mol. The van der Waals surface area contributed by atoms with Gasteiger partial charge in [-0.3, -0.25) is 0 Å². The molecule has 0 saturated heterocycles. The Morgan fingerprint density at radius 2 is 0.711 bits per heavy atom. The molecule has 0 spiro atoms. The van der Waals surface area contributed by atoms with Crippen LogP contribution in [-0.2, 0) is 47.7 Å². The molecular weight excluding hydrogens is 596 g/mol. The summed E-state index contributed by atoms with van der Waals surface area (Å²) in [6, 6.07) is 0. The predicted octanol–water partition coefficient (Wildman–Crippen LogP) is 3.33. The van der Waals surface area contributed by atoms with Crippen LogP contribution < -0.4 is 0 Å². The second-order valence-corrected chi connectivity index (χ2v) is 13.9. The Bertz CT molecular complexity index is 895. The van der Waals surface area contributed by atoms with Gasteiger partial charge >= 0.3 is 29.8 Å². The number of ether oxygens (including phenoxy) is 5. The third-order valence-electron chi connectivity index (χ3n) is 3.75. The molecule has 45 heavy (non-hydrogen) atoms. The summed E-state index contributed by atoms with van der Waals surface area (Å²) < 4.78 is 25.1. The van der Waals surface area contributed by atoms with E-state index in [1.54, 1.807) is 48.5 Å². The van der Waals surface area contributed by atoms with Crippen molar-refractivity contribution in [1.29, 1.82) is 0 Å². The highest BCUT2D eigenvalue weighted by molar-refractivity contribution is 5.81. The molecule has 0 aromatic rings. The average molecular weight is 657 g/mol.